The van der Waals surface area contributed by atoms with E-state index in [4.69, 9.17) is 61.2 Å². The van der Waals surface area contributed by atoms with Crippen LogP contribution in [-0.4, -0.2) is 135 Å². The van der Waals surface area contributed by atoms with Crippen LogP contribution in [0.3, 0.4) is 0 Å². The average Bonchev–Trinajstić information content (AvgIpc) is 1.65. The van der Waals surface area contributed by atoms with Gasteiger partial charge in [0.05, 0.1) is 39.6 Å². The molecular weight excluding hydrogens is 1330 g/mol. The van der Waals surface area contributed by atoms with Crippen molar-refractivity contribution in [3.05, 3.63) is 89.9 Å². The molecule has 0 saturated heterocycles. The number of aromatic nitrogens is 3. The Morgan fingerprint density at radius 1 is 0.505 bits per heavy atom. The van der Waals surface area contributed by atoms with E-state index in [9.17, 15) is 47.6 Å². The molecule has 0 spiro atoms. The van der Waals surface area contributed by atoms with E-state index < -0.39 is 45.9 Å². The van der Waals surface area contributed by atoms with Crippen LogP contribution in [0.1, 0.15) is 143 Å². The van der Waals surface area contributed by atoms with Gasteiger partial charge in [0.25, 0.3) is 6.47 Å². The summed E-state index contributed by atoms with van der Waals surface area (Å²) in [5, 5.41) is 28.8. The van der Waals surface area contributed by atoms with Crippen molar-refractivity contribution in [3.63, 3.8) is 0 Å². The smallest absolute Gasteiger partial charge is 1.00 e. The summed E-state index contributed by atoms with van der Waals surface area (Å²) < 4.78 is 93.8. The predicted octanol–water partition coefficient (Wildman–Crippen LogP) is 6.04. The second-order valence-corrected chi connectivity index (χ2v) is 27.6. The van der Waals surface area contributed by atoms with Gasteiger partial charge in [-0.1, -0.05) is 6.92 Å². The first-order chi connectivity index (χ1) is 42.5. The SMILES string of the molecule is CC(=O)c1cn(CC(=O)OC(C)(C)C)c2ccc(O)cc12.CCOP(=O)(CC)OCC.CCOP(=O)(COc1ccc2c(c1)c(C(C)=O)cn2CC(=O)O)OCC.CCOP(=O)(COc1ccc2c(c1)c(C(C)=O)cn2CC(=O)OC(C)(C)C)OCC.O=CO[O-].[H-].[K+].[K+]. The molecule has 32 heteroatoms. The molecule has 3 heterocycles. The Bertz CT molecular complexity index is 3550. The van der Waals surface area contributed by atoms with E-state index >= 15 is 0 Å². The summed E-state index contributed by atoms with van der Waals surface area (Å²) in [6.07, 6.45) is 4.72. The summed E-state index contributed by atoms with van der Waals surface area (Å²) in [6, 6.07) is 14.7. The van der Waals surface area contributed by atoms with Crippen LogP contribution in [0.2, 0.25) is 0 Å². The molecule has 3 aromatic heterocycles. The number of carbonyl (C=O) groups is 7. The number of phenolic OH excluding ortho intramolecular Hbond substituents is 1. The number of ether oxygens (including phenoxy) is 4. The molecule has 0 saturated carbocycles. The fourth-order valence-corrected chi connectivity index (χ4v) is 12.2. The third-order valence-corrected chi connectivity index (χ3v) is 17.2. The molecule has 0 bridgehead atoms. The minimum Gasteiger partial charge on any atom is -1.00 e. The summed E-state index contributed by atoms with van der Waals surface area (Å²) >= 11 is 0. The van der Waals surface area contributed by atoms with Crippen molar-refractivity contribution < 1.29 is 218 Å². The molecule has 0 aliphatic rings. The zero-order valence-corrected chi connectivity index (χ0v) is 65.5. The molecule has 2 N–H and O–H groups in total. The molecule has 6 aromatic rings. The van der Waals surface area contributed by atoms with E-state index in [1.165, 1.54) is 43.7 Å². The third kappa shape index (κ3) is 31.1. The van der Waals surface area contributed by atoms with Gasteiger partial charge < -0.3 is 81.6 Å². The van der Waals surface area contributed by atoms with Gasteiger partial charge in [-0.15, -0.1) is 0 Å². The maximum atomic E-state index is 12.6. The number of rotatable bonds is 29. The van der Waals surface area contributed by atoms with E-state index in [0.29, 0.717) is 80.3 Å². The van der Waals surface area contributed by atoms with Crippen molar-refractivity contribution in [2.45, 2.75) is 142 Å². The number of aliphatic carboxylic acids is 1. The summed E-state index contributed by atoms with van der Waals surface area (Å²) in [5.74, 6) is -1.35. The minimum absolute atomic E-state index is 0. The minimum atomic E-state index is -3.37. The number of hydrogen-bond donors (Lipinski definition) is 2. The van der Waals surface area contributed by atoms with Crippen LogP contribution in [0.4, 0.5) is 0 Å². The number of carboxylic acids is 1. The van der Waals surface area contributed by atoms with Crippen LogP contribution in [0, 0.1) is 0 Å². The first-order valence-corrected chi connectivity index (χ1v) is 34.1. The maximum Gasteiger partial charge on any atom is 1.00 e. The van der Waals surface area contributed by atoms with Crippen LogP contribution < -0.4 is 118 Å². The molecule has 0 unspecified atom stereocenters. The van der Waals surface area contributed by atoms with Crippen molar-refractivity contribution in [1.29, 1.82) is 0 Å². The second-order valence-electron chi connectivity index (χ2n) is 21.2. The normalized spacial score (nSPS) is 11.3. The van der Waals surface area contributed by atoms with E-state index in [1.54, 1.807) is 154 Å². The van der Waals surface area contributed by atoms with E-state index in [0.717, 1.165) is 0 Å². The Morgan fingerprint density at radius 3 is 1.06 bits per heavy atom. The Balaban J connectivity index is 0. The van der Waals surface area contributed by atoms with Crippen molar-refractivity contribution in [2.24, 2.45) is 0 Å². The van der Waals surface area contributed by atoms with Crippen molar-refractivity contribution >= 4 is 97.2 Å². The molecule has 0 fully saturated rings. The number of benzene rings is 3. The second kappa shape index (κ2) is 42.8. The predicted molar refractivity (Wildman–Crippen MR) is 339 cm³/mol. The zero-order chi connectivity index (χ0) is 69.1. The number of phenols is 1. The van der Waals surface area contributed by atoms with Gasteiger partial charge in [0, 0.05) is 74.2 Å². The molecule has 508 valence electrons. The topological polar surface area (TPSA) is 351 Å². The molecule has 0 aliphatic carbocycles. The van der Waals surface area contributed by atoms with E-state index in [2.05, 4.69) is 4.89 Å². The van der Waals surface area contributed by atoms with Gasteiger partial charge in [0.2, 0.25) is 0 Å². The summed E-state index contributed by atoms with van der Waals surface area (Å²) in [4.78, 5) is 82.1. The Labute approximate surface area is 629 Å². The molecule has 0 amide bonds. The molecule has 0 radical (unpaired) electrons. The van der Waals surface area contributed by atoms with Gasteiger partial charge in [-0.3, -0.25) is 47.3 Å². The number of carboxylic acid groups (broad SMARTS) is 1. The number of carbonyl (C=O) groups excluding carboxylic acids is 6. The summed E-state index contributed by atoms with van der Waals surface area (Å²) in [5.41, 5.74) is 2.18. The molecule has 93 heavy (non-hydrogen) atoms. The van der Waals surface area contributed by atoms with Crippen LogP contribution in [0.25, 0.3) is 32.7 Å². The van der Waals surface area contributed by atoms with Crippen molar-refractivity contribution in [1.82, 2.24) is 13.7 Å². The van der Waals surface area contributed by atoms with Crippen LogP contribution in [0.5, 0.6) is 17.2 Å². The summed E-state index contributed by atoms with van der Waals surface area (Å²) in [6.45, 7) is 28.8. The fourth-order valence-electron chi connectivity index (χ4n) is 8.35. The average molecular weight is 1420 g/mol. The molecule has 6 rings (SSSR count). The Hall–Kier alpha value is -3.75. The first-order valence-electron chi connectivity index (χ1n) is 28.9. The molecular formula is C61H88K2N3O24P3. The van der Waals surface area contributed by atoms with Crippen LogP contribution in [0.15, 0.2) is 73.2 Å². The number of ketones is 3. The van der Waals surface area contributed by atoms with Crippen LogP contribution in [-0.2, 0) is 94.0 Å². The number of fused-ring (bicyclic) bond motifs is 3. The van der Waals surface area contributed by atoms with Gasteiger partial charge in [0.1, 0.15) is 48.1 Å². The monoisotopic (exact) mass is 1420 g/mol. The maximum absolute atomic E-state index is 12.6. The van der Waals surface area contributed by atoms with Crippen LogP contribution >= 0.6 is 22.8 Å². The molecule has 0 aliphatic heterocycles. The van der Waals surface area contributed by atoms with Gasteiger partial charge in [-0.05, 0) is 158 Å². The van der Waals surface area contributed by atoms with Crippen molar-refractivity contribution in [2.75, 3.05) is 58.5 Å². The number of Topliss-reactive ketones (excluding diaryl/α,β-unsaturated/α-hetero) is 3. The van der Waals surface area contributed by atoms with Crippen molar-refractivity contribution in [3.8, 4) is 17.2 Å². The van der Waals surface area contributed by atoms with Gasteiger partial charge in [0.15, 0.2) is 30.0 Å². The standard InChI is InChI=1S/C21H30NO7P.C17H22NO7P.C16H19NO4.C6H15O3P.CH2O3.2K.H/c1-7-27-30(25,28-8-2)14-26-16-9-10-19-17(11-16)18(15(3)23)12-22(19)13-20(24)29-21(4,5)6;1-4-24-26(22,25-5-2)11-23-13-6-7-16-14(8-13)15(12(3)19)9-18(16)10-17(20)21;1-10(18)13-8-17(9-15(20)21-16(2,3)4)14-6-5-11(19)7-12(13)14;1-4-8-10(7,6-3)9-5-2;2-1-4-3;;;/h9-12H,7-8,13-14H2,1-6H3;6-9H,4-5,10-11H2,1-3H3,(H,20,21);5-8,19H,9H2,1-4H3;4-6H2,1-3H3;1,3H;;;/q;;;;;2*+1;-1/p-1. The number of hydrogen-bond acceptors (Lipinski definition) is 23. The summed E-state index contributed by atoms with van der Waals surface area (Å²) in [7, 11) is -9.43. The van der Waals surface area contributed by atoms with Gasteiger partial charge >= 0.3 is 143 Å². The first kappa shape index (κ1) is 89.3. The van der Waals surface area contributed by atoms with Gasteiger partial charge in [-0.2, -0.15) is 0 Å². The molecule has 3 aromatic carbocycles. The molecule has 27 nitrogen and oxygen atoms in total. The number of nitrogens with zero attached hydrogens (tertiary/aromatic N) is 3. The quantitative estimate of drug-likeness (QED) is 0.0103. The number of aromatic hydroxyl groups is 1. The van der Waals surface area contributed by atoms with E-state index in [1.807, 2.05) is 0 Å². The Morgan fingerprint density at radius 2 is 0.796 bits per heavy atom. The fraction of sp³-hybridized carbons (Fsp3) is 0.492. The Kier molecular flexibility index (Phi) is 41.1. The third-order valence-electron chi connectivity index (χ3n) is 11.6. The zero-order valence-electron chi connectivity index (χ0n) is 57.6. The van der Waals surface area contributed by atoms with E-state index in [-0.39, 0.29) is 198 Å². The molecule has 0 atom stereocenters. The largest absolute Gasteiger partial charge is 1.00 e. The van der Waals surface area contributed by atoms with Gasteiger partial charge in [-0.25, -0.2) is 0 Å². The number of esters is 2.